The molecule has 0 aliphatic heterocycles. The second-order valence-electron chi connectivity index (χ2n) is 15.0. The second-order valence-corrected chi connectivity index (χ2v) is 24.5. The van der Waals surface area contributed by atoms with Crippen LogP contribution in [-0.2, 0) is 29.7 Å². The van der Waals surface area contributed by atoms with E-state index in [1.165, 1.54) is 0 Å². The molecule has 0 aromatic heterocycles. The zero-order valence-corrected chi connectivity index (χ0v) is 35.2. The molecule has 1 aromatic carbocycles. The van der Waals surface area contributed by atoms with Gasteiger partial charge in [-0.1, -0.05) is 71.9 Å². The highest BCUT2D eigenvalue weighted by Gasteiger charge is 2.37. The number of nitrogens with zero attached hydrogens (tertiary/aromatic N) is 1. The van der Waals surface area contributed by atoms with Gasteiger partial charge in [-0.3, -0.25) is 0 Å². The van der Waals surface area contributed by atoms with Gasteiger partial charge in [-0.05, 0) is 89.8 Å². The van der Waals surface area contributed by atoms with Crippen LogP contribution in [0, 0.1) is 0 Å². The summed E-state index contributed by atoms with van der Waals surface area (Å²) in [6.45, 7) is 25.0. The van der Waals surface area contributed by atoms with Gasteiger partial charge in [-0.2, -0.15) is 0 Å². The molecule has 0 saturated carbocycles. The van der Waals surface area contributed by atoms with Crippen LogP contribution in [0.3, 0.4) is 0 Å². The van der Waals surface area contributed by atoms with Crippen LogP contribution < -0.4 is 10.6 Å². The summed E-state index contributed by atoms with van der Waals surface area (Å²) >= 11 is 0. The first-order chi connectivity index (χ1) is 23.4. The molecular weight excluding hydrogens is 671 g/mol. The van der Waals surface area contributed by atoms with Crippen LogP contribution in [0.1, 0.15) is 95.1 Å². The van der Waals surface area contributed by atoms with E-state index in [0.29, 0.717) is 13.0 Å². The van der Waals surface area contributed by atoms with Crippen molar-refractivity contribution in [1.82, 2.24) is 15.5 Å². The summed E-state index contributed by atoms with van der Waals surface area (Å²) in [4.78, 5) is 40.9. The Morgan fingerprint density at radius 1 is 0.680 bits per heavy atom. The molecular formula is C37H69N3O8Si2. The lowest BCUT2D eigenvalue weighted by molar-refractivity contribution is 0.00510. The van der Waals surface area contributed by atoms with E-state index in [1.807, 2.05) is 71.9 Å². The van der Waals surface area contributed by atoms with Gasteiger partial charge in [0.1, 0.15) is 17.8 Å². The van der Waals surface area contributed by atoms with Crippen LogP contribution in [0.15, 0.2) is 30.3 Å². The van der Waals surface area contributed by atoms with Gasteiger partial charge in [0.15, 0.2) is 16.6 Å². The molecule has 0 saturated heterocycles. The van der Waals surface area contributed by atoms with E-state index < -0.39 is 52.2 Å². The summed E-state index contributed by atoms with van der Waals surface area (Å²) in [7, 11) is -4.31. The first-order valence-electron chi connectivity index (χ1n) is 18.6. The maximum Gasteiger partial charge on any atom is 0.410 e. The molecule has 2 N–H and O–H groups in total. The number of carbonyl (C=O) groups is 3. The minimum Gasteiger partial charge on any atom is -0.445 e. The molecule has 11 nitrogen and oxygen atoms in total. The Kier molecular flexibility index (Phi) is 19.7. The van der Waals surface area contributed by atoms with Gasteiger partial charge in [0.25, 0.3) is 0 Å². The fourth-order valence-corrected chi connectivity index (χ4v) is 11.5. The number of hydrogen-bond acceptors (Lipinski definition) is 8. The highest BCUT2D eigenvalue weighted by Crippen LogP contribution is 2.27. The Labute approximate surface area is 305 Å². The van der Waals surface area contributed by atoms with Crippen molar-refractivity contribution < 1.29 is 37.4 Å². The van der Waals surface area contributed by atoms with E-state index in [1.54, 1.807) is 4.90 Å². The SMILES string of the molecule is CC[Si](CC)(CC)OC(CCNC(=O)OC(C)(C)C)CN(CC(CNC(=O)OCc1ccccc1)O[Si](CC)(CC)CC)C(=O)OC(C)(C)C. The van der Waals surface area contributed by atoms with Gasteiger partial charge in [-0.25, -0.2) is 14.4 Å². The highest BCUT2D eigenvalue weighted by molar-refractivity contribution is 6.74. The third kappa shape index (κ3) is 17.5. The maximum absolute atomic E-state index is 13.9. The molecule has 1 aromatic rings. The molecule has 0 fully saturated rings. The van der Waals surface area contributed by atoms with E-state index >= 15 is 0 Å². The predicted octanol–water partition coefficient (Wildman–Crippen LogP) is 8.85. The average Bonchev–Trinajstić information content (AvgIpc) is 3.05. The maximum atomic E-state index is 13.9. The smallest absolute Gasteiger partial charge is 0.410 e. The molecule has 0 bridgehead atoms. The number of hydrogen-bond donors (Lipinski definition) is 2. The standard InChI is InChI=1S/C37H69N3O8Si2/c1-13-49(14-2,15-3)47-31(24-25-38-34(42)45-36(7,8)9)27-40(35(43)46-37(10,11)12)28-32(48-50(16-4,17-5)18-6)26-39-33(41)44-29-30-22-20-19-21-23-30/h19-23,31-32H,13-18,24-29H2,1-12H3,(H,38,42)(H,39,41). The quantitative estimate of drug-likeness (QED) is 0.0947. The molecule has 0 aliphatic rings. The lowest BCUT2D eigenvalue weighted by Crippen LogP contribution is -2.53. The predicted molar refractivity (Wildman–Crippen MR) is 205 cm³/mol. The van der Waals surface area contributed by atoms with Crippen LogP contribution in [0.25, 0.3) is 0 Å². The van der Waals surface area contributed by atoms with Crippen LogP contribution in [-0.4, -0.2) is 89.4 Å². The van der Waals surface area contributed by atoms with Crippen LogP contribution >= 0.6 is 0 Å². The molecule has 2 atom stereocenters. The third-order valence-corrected chi connectivity index (χ3v) is 18.4. The second kappa shape index (κ2) is 21.7. The average molecular weight is 740 g/mol. The lowest BCUT2D eigenvalue weighted by Gasteiger charge is -2.39. The summed E-state index contributed by atoms with van der Waals surface area (Å²) < 4.78 is 30.8. The van der Waals surface area contributed by atoms with Gasteiger partial charge in [-0.15, -0.1) is 0 Å². The summed E-state index contributed by atoms with van der Waals surface area (Å²) in [6.07, 6.45) is -1.95. The van der Waals surface area contributed by atoms with E-state index in [2.05, 4.69) is 52.2 Å². The molecule has 2 unspecified atom stereocenters. The number of carbonyl (C=O) groups excluding carboxylic acids is 3. The topological polar surface area (TPSA) is 125 Å². The number of nitrogens with one attached hydrogen (secondary N) is 2. The Morgan fingerprint density at radius 2 is 1.16 bits per heavy atom. The molecule has 0 radical (unpaired) electrons. The minimum atomic E-state index is -2.18. The lowest BCUT2D eigenvalue weighted by atomic mass is 10.2. The summed E-state index contributed by atoms with van der Waals surface area (Å²) in [5.74, 6) is 0. The van der Waals surface area contributed by atoms with Crippen molar-refractivity contribution in [2.45, 2.75) is 156 Å². The van der Waals surface area contributed by atoms with E-state index in [9.17, 15) is 14.4 Å². The minimum absolute atomic E-state index is 0.147. The third-order valence-electron chi connectivity index (χ3n) is 9.02. The molecule has 50 heavy (non-hydrogen) atoms. The van der Waals surface area contributed by atoms with Crippen molar-refractivity contribution in [2.75, 3.05) is 26.2 Å². The zero-order valence-electron chi connectivity index (χ0n) is 33.2. The summed E-state index contributed by atoms with van der Waals surface area (Å²) in [6, 6.07) is 15.0. The van der Waals surface area contributed by atoms with Crippen LogP contribution in [0.4, 0.5) is 14.4 Å². The van der Waals surface area contributed by atoms with Crippen molar-refractivity contribution in [3.8, 4) is 0 Å². The Balaban J connectivity index is 3.39. The van der Waals surface area contributed by atoms with Gasteiger partial charge in [0.2, 0.25) is 0 Å². The Hall–Kier alpha value is -2.62. The van der Waals surface area contributed by atoms with Crippen LogP contribution in [0.5, 0.6) is 0 Å². The summed E-state index contributed by atoms with van der Waals surface area (Å²) in [5.41, 5.74) is -0.463. The largest absolute Gasteiger partial charge is 0.445 e. The first-order valence-corrected chi connectivity index (χ1v) is 23.7. The van der Waals surface area contributed by atoms with E-state index in [-0.39, 0.29) is 32.3 Å². The fraction of sp³-hybridized carbons (Fsp3) is 0.757. The molecule has 0 heterocycles. The van der Waals surface area contributed by atoms with Crippen molar-refractivity contribution in [1.29, 1.82) is 0 Å². The molecule has 0 spiro atoms. The summed E-state index contributed by atoms with van der Waals surface area (Å²) in [5, 5.41) is 5.76. The molecule has 0 aliphatic carbocycles. The first kappa shape index (κ1) is 45.4. The Bertz CT molecular complexity index is 1120. The normalized spacial score (nSPS) is 13.6. The monoisotopic (exact) mass is 739 g/mol. The highest BCUT2D eigenvalue weighted by atomic mass is 28.4. The van der Waals surface area contributed by atoms with Crippen molar-refractivity contribution in [3.05, 3.63) is 35.9 Å². The van der Waals surface area contributed by atoms with Gasteiger partial charge >= 0.3 is 18.3 Å². The van der Waals surface area contributed by atoms with Crippen molar-refractivity contribution >= 4 is 34.9 Å². The molecule has 288 valence electrons. The number of rotatable bonds is 21. The molecule has 3 amide bonds. The van der Waals surface area contributed by atoms with E-state index in [0.717, 1.165) is 41.8 Å². The number of alkyl carbamates (subject to hydrolysis) is 2. The molecule has 13 heteroatoms. The fourth-order valence-electron chi connectivity index (χ4n) is 5.70. The number of amides is 3. The number of ether oxygens (including phenoxy) is 3. The van der Waals surface area contributed by atoms with Crippen molar-refractivity contribution in [2.24, 2.45) is 0 Å². The van der Waals surface area contributed by atoms with E-state index in [4.69, 9.17) is 23.1 Å². The Morgan fingerprint density at radius 3 is 1.64 bits per heavy atom. The van der Waals surface area contributed by atoms with Gasteiger partial charge in [0, 0.05) is 19.6 Å². The number of benzene rings is 1. The van der Waals surface area contributed by atoms with Gasteiger partial charge in [0.05, 0.1) is 18.8 Å². The zero-order chi connectivity index (χ0) is 38.0. The molecule has 1 rings (SSSR count). The van der Waals surface area contributed by atoms with Gasteiger partial charge < -0.3 is 38.6 Å². The van der Waals surface area contributed by atoms with Crippen molar-refractivity contribution in [3.63, 3.8) is 0 Å². The van der Waals surface area contributed by atoms with Crippen LogP contribution in [0.2, 0.25) is 36.3 Å².